The standard InChI is InChI=1S/C32H33BrN2O6/c1-21(2)28(32(39)41-29(23-14-8-4-9-15-23)24-16-10-5-11-17-24)35-30(38)27(31(35)40-20-25(36)19-33)34-26(37)18-22-12-6-3-7-13-22/h3-17,25,27,29,31,36H,18-20H2,1-2H3,(H,34,37)/t25?,27-,31+/m1/s1. The molecule has 214 valence electrons. The highest BCUT2D eigenvalue weighted by Gasteiger charge is 2.53. The largest absolute Gasteiger partial charge is 0.448 e. The first-order valence-corrected chi connectivity index (χ1v) is 14.4. The summed E-state index contributed by atoms with van der Waals surface area (Å²) in [5.41, 5.74) is 2.90. The summed E-state index contributed by atoms with van der Waals surface area (Å²) in [6.07, 6.45) is -2.50. The van der Waals surface area contributed by atoms with E-state index >= 15 is 0 Å². The zero-order valence-corrected chi connectivity index (χ0v) is 24.5. The Balaban J connectivity index is 1.58. The Hall–Kier alpha value is -3.79. The number of hydrogen-bond donors (Lipinski definition) is 2. The van der Waals surface area contributed by atoms with Crippen LogP contribution in [0.4, 0.5) is 0 Å². The molecular formula is C32H33BrN2O6. The van der Waals surface area contributed by atoms with Crippen molar-refractivity contribution in [2.24, 2.45) is 0 Å². The maximum Gasteiger partial charge on any atom is 0.356 e. The fourth-order valence-corrected chi connectivity index (χ4v) is 4.74. The van der Waals surface area contributed by atoms with Gasteiger partial charge in [0, 0.05) is 5.33 Å². The molecule has 0 radical (unpaired) electrons. The Kier molecular flexibility index (Phi) is 10.5. The second-order valence-electron chi connectivity index (χ2n) is 9.90. The quantitative estimate of drug-likeness (QED) is 0.136. The lowest BCUT2D eigenvalue weighted by Crippen LogP contribution is -2.72. The maximum atomic E-state index is 13.8. The number of aliphatic hydroxyl groups excluding tert-OH is 1. The number of ether oxygens (including phenoxy) is 2. The summed E-state index contributed by atoms with van der Waals surface area (Å²) in [4.78, 5) is 41.2. The summed E-state index contributed by atoms with van der Waals surface area (Å²) in [5.74, 6) is -1.58. The monoisotopic (exact) mass is 620 g/mol. The van der Waals surface area contributed by atoms with Gasteiger partial charge in [-0.2, -0.15) is 0 Å². The predicted octanol–water partition coefficient (Wildman–Crippen LogP) is 4.28. The molecule has 1 heterocycles. The molecule has 1 fully saturated rings. The van der Waals surface area contributed by atoms with E-state index in [1.807, 2.05) is 91.0 Å². The molecule has 9 heteroatoms. The number of hydrogen-bond acceptors (Lipinski definition) is 6. The number of allylic oxidation sites excluding steroid dienone is 1. The Bertz CT molecular complexity index is 1320. The number of nitrogens with zero attached hydrogens (tertiary/aromatic N) is 1. The first kappa shape index (κ1) is 30.2. The number of esters is 1. The molecule has 8 nitrogen and oxygen atoms in total. The molecule has 1 unspecified atom stereocenters. The van der Waals surface area contributed by atoms with E-state index in [9.17, 15) is 19.5 Å². The molecular weight excluding hydrogens is 588 g/mol. The minimum absolute atomic E-state index is 0.0266. The minimum atomic E-state index is -1.03. The molecule has 3 aromatic rings. The van der Waals surface area contributed by atoms with Crippen LogP contribution < -0.4 is 5.32 Å². The Morgan fingerprint density at radius 1 is 0.927 bits per heavy atom. The van der Waals surface area contributed by atoms with Crippen LogP contribution in [0.2, 0.25) is 0 Å². The Labute approximate surface area is 248 Å². The van der Waals surface area contributed by atoms with Gasteiger partial charge in [0.15, 0.2) is 18.4 Å². The number of nitrogens with one attached hydrogen (secondary N) is 1. The fourth-order valence-electron chi connectivity index (χ4n) is 4.56. The molecule has 3 aromatic carbocycles. The third-order valence-electron chi connectivity index (χ3n) is 6.54. The van der Waals surface area contributed by atoms with Crippen LogP contribution in [0.3, 0.4) is 0 Å². The highest BCUT2D eigenvalue weighted by atomic mass is 79.9. The molecule has 0 saturated carbocycles. The van der Waals surface area contributed by atoms with Gasteiger partial charge in [-0.05, 0) is 36.1 Å². The summed E-state index contributed by atoms with van der Waals surface area (Å²) in [6.45, 7) is 3.29. The van der Waals surface area contributed by atoms with Gasteiger partial charge in [-0.15, -0.1) is 0 Å². The number of likely N-dealkylation sites (tertiary alicyclic amines) is 1. The van der Waals surface area contributed by atoms with Gasteiger partial charge in [-0.25, -0.2) is 4.79 Å². The van der Waals surface area contributed by atoms with Crippen LogP contribution in [0.25, 0.3) is 0 Å². The number of halogens is 1. The molecule has 0 aromatic heterocycles. The highest BCUT2D eigenvalue weighted by Crippen LogP contribution is 2.33. The lowest BCUT2D eigenvalue weighted by atomic mass is 9.99. The topological polar surface area (TPSA) is 105 Å². The fraction of sp³-hybridized carbons (Fsp3) is 0.281. The zero-order valence-electron chi connectivity index (χ0n) is 22.9. The summed E-state index contributed by atoms with van der Waals surface area (Å²) in [5, 5.41) is 13.1. The predicted molar refractivity (Wildman–Crippen MR) is 158 cm³/mol. The zero-order chi connectivity index (χ0) is 29.4. The summed E-state index contributed by atoms with van der Waals surface area (Å²) in [6, 6.07) is 26.8. The molecule has 1 saturated heterocycles. The van der Waals surface area contributed by atoms with E-state index in [0.29, 0.717) is 5.57 Å². The minimum Gasteiger partial charge on any atom is -0.448 e. The summed E-state index contributed by atoms with van der Waals surface area (Å²) >= 11 is 3.21. The highest BCUT2D eigenvalue weighted by molar-refractivity contribution is 9.09. The number of alkyl halides is 1. The number of aliphatic hydroxyl groups is 1. The van der Waals surface area contributed by atoms with Crippen LogP contribution in [0.15, 0.2) is 102 Å². The maximum absolute atomic E-state index is 13.8. The summed E-state index contributed by atoms with van der Waals surface area (Å²) < 4.78 is 12.0. The van der Waals surface area contributed by atoms with Gasteiger partial charge in [0.25, 0.3) is 5.91 Å². The van der Waals surface area contributed by atoms with Crippen LogP contribution in [-0.2, 0) is 30.3 Å². The molecule has 2 N–H and O–H groups in total. The first-order chi connectivity index (χ1) is 19.8. The lowest BCUT2D eigenvalue weighted by Gasteiger charge is -2.47. The number of carbonyl (C=O) groups is 3. The number of benzene rings is 3. The number of amides is 2. The van der Waals surface area contributed by atoms with Crippen molar-refractivity contribution in [3.63, 3.8) is 0 Å². The van der Waals surface area contributed by atoms with Crippen LogP contribution in [0.5, 0.6) is 0 Å². The van der Waals surface area contributed by atoms with Gasteiger partial charge in [0.05, 0.1) is 19.1 Å². The summed E-state index contributed by atoms with van der Waals surface area (Å²) in [7, 11) is 0. The number of carbonyl (C=O) groups excluding carboxylic acids is 3. The second-order valence-corrected chi connectivity index (χ2v) is 10.6. The SMILES string of the molecule is CC(C)=C(C(=O)OC(c1ccccc1)c1ccccc1)N1C(=O)[C@@H](NC(=O)Cc2ccccc2)[C@@H]1OCC(O)CBr. The first-order valence-electron chi connectivity index (χ1n) is 13.3. The molecule has 41 heavy (non-hydrogen) atoms. The third kappa shape index (κ3) is 7.49. The molecule has 4 rings (SSSR count). The lowest BCUT2D eigenvalue weighted by molar-refractivity contribution is -0.186. The van der Waals surface area contributed by atoms with E-state index in [0.717, 1.165) is 16.7 Å². The van der Waals surface area contributed by atoms with Crippen LogP contribution >= 0.6 is 15.9 Å². The van der Waals surface area contributed by atoms with E-state index < -0.39 is 36.4 Å². The van der Waals surface area contributed by atoms with Gasteiger partial charge in [0.1, 0.15) is 5.70 Å². The Morgan fingerprint density at radius 2 is 1.46 bits per heavy atom. The molecule has 1 aliphatic rings. The van der Waals surface area contributed by atoms with Crippen molar-refractivity contribution in [1.29, 1.82) is 0 Å². The van der Waals surface area contributed by atoms with E-state index in [2.05, 4.69) is 21.2 Å². The van der Waals surface area contributed by atoms with E-state index in [-0.39, 0.29) is 30.0 Å². The molecule has 2 amide bonds. The van der Waals surface area contributed by atoms with E-state index in [1.54, 1.807) is 13.8 Å². The second kappa shape index (κ2) is 14.2. The normalized spacial score (nSPS) is 17.0. The van der Waals surface area contributed by atoms with Crippen LogP contribution in [-0.4, -0.2) is 58.1 Å². The smallest absolute Gasteiger partial charge is 0.356 e. The Morgan fingerprint density at radius 3 is 1.98 bits per heavy atom. The van der Waals surface area contributed by atoms with Crippen molar-refractivity contribution in [3.8, 4) is 0 Å². The van der Waals surface area contributed by atoms with E-state index in [4.69, 9.17) is 9.47 Å². The van der Waals surface area contributed by atoms with Gasteiger partial charge < -0.3 is 19.9 Å². The van der Waals surface area contributed by atoms with Crippen molar-refractivity contribution in [2.75, 3.05) is 11.9 Å². The van der Waals surface area contributed by atoms with Crippen molar-refractivity contribution in [2.45, 2.75) is 44.7 Å². The van der Waals surface area contributed by atoms with Crippen molar-refractivity contribution >= 4 is 33.7 Å². The van der Waals surface area contributed by atoms with Gasteiger partial charge in [-0.3, -0.25) is 14.5 Å². The average molecular weight is 622 g/mol. The number of β-lactam (4-membered cyclic amide) rings is 1. The van der Waals surface area contributed by atoms with Crippen molar-refractivity contribution in [3.05, 3.63) is 119 Å². The van der Waals surface area contributed by atoms with Gasteiger partial charge in [-0.1, -0.05) is 107 Å². The van der Waals surface area contributed by atoms with Gasteiger partial charge in [0.2, 0.25) is 5.91 Å². The van der Waals surface area contributed by atoms with Crippen LogP contribution in [0.1, 0.15) is 36.6 Å². The third-order valence-corrected chi connectivity index (χ3v) is 7.29. The molecule has 0 spiro atoms. The molecule has 0 aliphatic carbocycles. The van der Waals surface area contributed by atoms with Crippen molar-refractivity contribution in [1.82, 2.24) is 10.2 Å². The molecule has 1 aliphatic heterocycles. The van der Waals surface area contributed by atoms with Gasteiger partial charge >= 0.3 is 5.97 Å². The van der Waals surface area contributed by atoms with Crippen molar-refractivity contribution < 1.29 is 29.0 Å². The average Bonchev–Trinajstić information content (AvgIpc) is 2.99. The molecule has 3 atom stereocenters. The van der Waals surface area contributed by atoms with E-state index in [1.165, 1.54) is 4.90 Å². The molecule has 0 bridgehead atoms. The number of rotatable bonds is 12. The van der Waals surface area contributed by atoms with Crippen LogP contribution in [0, 0.1) is 0 Å².